The summed E-state index contributed by atoms with van der Waals surface area (Å²) in [6.07, 6.45) is 0.945. The second kappa shape index (κ2) is 5.25. The van der Waals surface area contributed by atoms with Crippen molar-refractivity contribution in [3.8, 4) is 0 Å². The molecule has 0 radical (unpaired) electrons. The predicted octanol–water partition coefficient (Wildman–Crippen LogP) is 2.40. The molecular formula is C11H16ClN. The van der Waals surface area contributed by atoms with Crippen LogP contribution in [-0.2, 0) is 6.42 Å². The zero-order chi connectivity index (χ0) is 9.68. The number of nitrogens with zero attached hydrogens (tertiary/aromatic N) is 1. The molecule has 0 aliphatic carbocycles. The lowest BCUT2D eigenvalue weighted by Crippen LogP contribution is -2.23. The van der Waals surface area contributed by atoms with E-state index in [0.29, 0.717) is 0 Å². The van der Waals surface area contributed by atoms with Gasteiger partial charge in [-0.05, 0) is 26.1 Å². The number of halogens is 1. The predicted molar refractivity (Wildman–Crippen MR) is 58.3 cm³/mol. The average Bonchev–Trinajstić information content (AvgIpc) is 2.04. The van der Waals surface area contributed by atoms with Crippen LogP contribution in [0.1, 0.15) is 5.56 Å². The molecule has 0 aliphatic rings. The third-order valence-corrected chi connectivity index (χ3v) is 2.16. The molecule has 0 N–H and O–H groups in total. The van der Waals surface area contributed by atoms with E-state index in [1.165, 1.54) is 5.56 Å². The van der Waals surface area contributed by atoms with Crippen LogP contribution in [0.5, 0.6) is 0 Å². The molecule has 0 aliphatic heterocycles. The van der Waals surface area contributed by atoms with Crippen molar-refractivity contribution in [3.05, 3.63) is 35.9 Å². The fourth-order valence-corrected chi connectivity index (χ4v) is 1.78. The Morgan fingerprint density at radius 3 is 2.38 bits per heavy atom. The number of hydrogen-bond donors (Lipinski definition) is 0. The molecule has 0 bridgehead atoms. The SMILES string of the molecule is CN(C)C[C@@H](Cl)Cc1ccccc1. The summed E-state index contributed by atoms with van der Waals surface area (Å²) in [5.74, 6) is 0. The summed E-state index contributed by atoms with van der Waals surface area (Å²) in [4.78, 5) is 2.11. The fraction of sp³-hybridized carbons (Fsp3) is 0.455. The van der Waals surface area contributed by atoms with Crippen LogP contribution in [0.4, 0.5) is 0 Å². The maximum Gasteiger partial charge on any atom is 0.0503 e. The largest absolute Gasteiger partial charge is 0.308 e. The molecule has 0 saturated carbocycles. The molecular weight excluding hydrogens is 182 g/mol. The van der Waals surface area contributed by atoms with Gasteiger partial charge in [0.15, 0.2) is 0 Å². The van der Waals surface area contributed by atoms with Crippen molar-refractivity contribution in [1.82, 2.24) is 4.90 Å². The van der Waals surface area contributed by atoms with Crippen molar-refractivity contribution in [2.45, 2.75) is 11.8 Å². The lowest BCUT2D eigenvalue weighted by molar-refractivity contribution is 0.404. The van der Waals surface area contributed by atoms with E-state index in [1.807, 2.05) is 20.2 Å². The van der Waals surface area contributed by atoms with Crippen LogP contribution in [0.25, 0.3) is 0 Å². The molecule has 0 heterocycles. The number of benzene rings is 1. The smallest absolute Gasteiger partial charge is 0.0503 e. The van der Waals surface area contributed by atoms with E-state index >= 15 is 0 Å². The molecule has 0 amide bonds. The first-order valence-electron chi connectivity index (χ1n) is 4.51. The Hall–Kier alpha value is -0.530. The van der Waals surface area contributed by atoms with E-state index in [-0.39, 0.29) is 5.38 Å². The molecule has 0 fully saturated rings. The van der Waals surface area contributed by atoms with Gasteiger partial charge in [-0.3, -0.25) is 0 Å². The Labute approximate surface area is 85.3 Å². The minimum absolute atomic E-state index is 0.206. The first-order valence-corrected chi connectivity index (χ1v) is 4.95. The molecule has 1 aromatic rings. The molecule has 1 atom stereocenters. The van der Waals surface area contributed by atoms with Crippen molar-refractivity contribution in [2.75, 3.05) is 20.6 Å². The van der Waals surface area contributed by atoms with Gasteiger partial charge < -0.3 is 4.90 Å². The third-order valence-electron chi connectivity index (χ3n) is 1.86. The van der Waals surface area contributed by atoms with Crippen LogP contribution in [-0.4, -0.2) is 30.9 Å². The Morgan fingerprint density at radius 2 is 1.85 bits per heavy atom. The van der Waals surface area contributed by atoms with Crippen LogP contribution in [0.2, 0.25) is 0 Å². The lowest BCUT2D eigenvalue weighted by Gasteiger charge is -2.14. The van der Waals surface area contributed by atoms with E-state index in [1.54, 1.807) is 0 Å². The van der Waals surface area contributed by atoms with E-state index < -0.39 is 0 Å². The van der Waals surface area contributed by atoms with Gasteiger partial charge in [-0.2, -0.15) is 0 Å². The molecule has 1 aromatic carbocycles. The summed E-state index contributed by atoms with van der Waals surface area (Å²) in [6.45, 7) is 0.927. The average molecular weight is 198 g/mol. The number of rotatable bonds is 4. The second-order valence-corrected chi connectivity index (χ2v) is 4.17. The van der Waals surface area contributed by atoms with Gasteiger partial charge in [-0.15, -0.1) is 11.6 Å². The molecule has 1 rings (SSSR count). The van der Waals surface area contributed by atoms with Crippen molar-refractivity contribution in [3.63, 3.8) is 0 Å². The van der Waals surface area contributed by atoms with Crippen molar-refractivity contribution in [2.24, 2.45) is 0 Å². The van der Waals surface area contributed by atoms with E-state index in [0.717, 1.165) is 13.0 Å². The Balaban J connectivity index is 2.41. The molecule has 1 nitrogen and oxygen atoms in total. The molecule has 13 heavy (non-hydrogen) atoms. The van der Waals surface area contributed by atoms with Gasteiger partial charge in [0.05, 0.1) is 5.38 Å². The third kappa shape index (κ3) is 4.30. The zero-order valence-corrected chi connectivity index (χ0v) is 8.96. The van der Waals surface area contributed by atoms with Gasteiger partial charge in [-0.25, -0.2) is 0 Å². The van der Waals surface area contributed by atoms with Crippen LogP contribution >= 0.6 is 11.6 Å². The highest BCUT2D eigenvalue weighted by Gasteiger charge is 2.06. The molecule has 0 unspecified atom stereocenters. The molecule has 0 spiro atoms. The van der Waals surface area contributed by atoms with Gasteiger partial charge in [0.2, 0.25) is 0 Å². The fourth-order valence-electron chi connectivity index (χ4n) is 1.33. The van der Waals surface area contributed by atoms with Crippen LogP contribution < -0.4 is 0 Å². The molecule has 0 aromatic heterocycles. The van der Waals surface area contributed by atoms with Crippen LogP contribution in [0.15, 0.2) is 30.3 Å². The Morgan fingerprint density at radius 1 is 1.23 bits per heavy atom. The minimum atomic E-state index is 0.206. The highest BCUT2D eigenvalue weighted by atomic mass is 35.5. The maximum atomic E-state index is 6.17. The van der Waals surface area contributed by atoms with Gasteiger partial charge in [-0.1, -0.05) is 30.3 Å². The van der Waals surface area contributed by atoms with Gasteiger partial charge in [0.25, 0.3) is 0 Å². The van der Waals surface area contributed by atoms with Crippen molar-refractivity contribution >= 4 is 11.6 Å². The monoisotopic (exact) mass is 197 g/mol. The van der Waals surface area contributed by atoms with Crippen molar-refractivity contribution in [1.29, 1.82) is 0 Å². The topological polar surface area (TPSA) is 3.24 Å². The van der Waals surface area contributed by atoms with E-state index in [2.05, 4.69) is 29.2 Å². The van der Waals surface area contributed by atoms with E-state index in [9.17, 15) is 0 Å². The zero-order valence-electron chi connectivity index (χ0n) is 8.20. The van der Waals surface area contributed by atoms with E-state index in [4.69, 9.17) is 11.6 Å². The molecule has 72 valence electrons. The lowest BCUT2D eigenvalue weighted by atomic mass is 10.1. The summed E-state index contributed by atoms with van der Waals surface area (Å²) < 4.78 is 0. The summed E-state index contributed by atoms with van der Waals surface area (Å²) >= 11 is 6.17. The summed E-state index contributed by atoms with van der Waals surface area (Å²) in [5, 5.41) is 0.206. The number of hydrogen-bond acceptors (Lipinski definition) is 1. The first-order chi connectivity index (χ1) is 6.18. The Bertz CT molecular complexity index is 233. The Kier molecular flexibility index (Phi) is 4.26. The quantitative estimate of drug-likeness (QED) is 0.671. The molecule has 2 heteroatoms. The summed E-state index contributed by atoms with van der Waals surface area (Å²) in [5.41, 5.74) is 1.31. The summed E-state index contributed by atoms with van der Waals surface area (Å²) in [6, 6.07) is 10.4. The second-order valence-electron chi connectivity index (χ2n) is 3.55. The normalized spacial score (nSPS) is 13.2. The molecule has 0 saturated heterocycles. The van der Waals surface area contributed by atoms with Crippen molar-refractivity contribution < 1.29 is 0 Å². The highest BCUT2D eigenvalue weighted by molar-refractivity contribution is 6.20. The minimum Gasteiger partial charge on any atom is -0.308 e. The summed E-state index contributed by atoms with van der Waals surface area (Å²) in [7, 11) is 4.08. The standard InChI is InChI=1S/C11H16ClN/c1-13(2)9-11(12)8-10-6-4-3-5-7-10/h3-7,11H,8-9H2,1-2H3/t11-/m0/s1. The number of alkyl halides is 1. The highest BCUT2D eigenvalue weighted by Crippen LogP contribution is 2.08. The van der Waals surface area contributed by atoms with Gasteiger partial charge in [0.1, 0.15) is 0 Å². The van der Waals surface area contributed by atoms with Gasteiger partial charge >= 0.3 is 0 Å². The van der Waals surface area contributed by atoms with Gasteiger partial charge in [0, 0.05) is 6.54 Å². The van der Waals surface area contributed by atoms with Crippen LogP contribution in [0, 0.1) is 0 Å². The van der Waals surface area contributed by atoms with Crippen LogP contribution in [0.3, 0.4) is 0 Å². The maximum absolute atomic E-state index is 6.17. The first kappa shape index (κ1) is 10.6.